The van der Waals surface area contributed by atoms with E-state index in [9.17, 15) is 13.2 Å². The Kier molecular flexibility index (Phi) is 7.27. The second-order valence-corrected chi connectivity index (χ2v) is 7.99. The van der Waals surface area contributed by atoms with Crippen molar-refractivity contribution in [3.63, 3.8) is 0 Å². The van der Waals surface area contributed by atoms with Crippen molar-refractivity contribution < 1.29 is 13.2 Å². The van der Waals surface area contributed by atoms with Crippen molar-refractivity contribution in [1.29, 1.82) is 0 Å². The van der Waals surface area contributed by atoms with Gasteiger partial charge in [-0.05, 0) is 35.4 Å². The number of benzene rings is 1. The molecule has 7 heteroatoms. The Balaban J connectivity index is 2.04. The number of carbonyl (C=O) groups is 1. The number of hydrogen-bond donors (Lipinski definition) is 0. The lowest BCUT2D eigenvalue weighted by atomic mass is 10.2. The molecule has 1 amide bonds. The van der Waals surface area contributed by atoms with Crippen molar-refractivity contribution in [2.24, 2.45) is 0 Å². The quantitative estimate of drug-likeness (QED) is 0.653. The van der Waals surface area contributed by atoms with Gasteiger partial charge in [0.15, 0.2) is 0 Å². The van der Waals surface area contributed by atoms with Crippen molar-refractivity contribution in [2.45, 2.75) is 25.3 Å². The zero-order valence-corrected chi connectivity index (χ0v) is 16.7. The molecule has 1 aromatic heterocycles. The van der Waals surface area contributed by atoms with Gasteiger partial charge in [-0.15, -0.1) is 0 Å². The SMILES string of the molecule is CCN(CC)S(=O)(=O)c1ccc(/C=C/C(=O)N(C)Cc2cccnc2)cc1. The fraction of sp³-hybridized carbons (Fsp3) is 0.300. The van der Waals surface area contributed by atoms with Gasteiger partial charge >= 0.3 is 0 Å². The van der Waals surface area contributed by atoms with Gasteiger partial charge in [0.05, 0.1) is 4.90 Å². The number of aromatic nitrogens is 1. The maximum atomic E-state index is 12.5. The van der Waals surface area contributed by atoms with Crippen molar-refractivity contribution in [1.82, 2.24) is 14.2 Å². The normalized spacial score (nSPS) is 11.9. The summed E-state index contributed by atoms with van der Waals surface area (Å²) in [5.74, 6) is -0.140. The van der Waals surface area contributed by atoms with Gasteiger partial charge in [0.25, 0.3) is 0 Å². The van der Waals surface area contributed by atoms with Crippen LogP contribution in [0.1, 0.15) is 25.0 Å². The highest BCUT2D eigenvalue weighted by Gasteiger charge is 2.20. The first-order chi connectivity index (χ1) is 12.9. The molecule has 0 fully saturated rings. The van der Waals surface area contributed by atoms with Crippen molar-refractivity contribution in [3.8, 4) is 0 Å². The number of hydrogen-bond acceptors (Lipinski definition) is 4. The third-order valence-electron chi connectivity index (χ3n) is 4.16. The Morgan fingerprint density at radius 3 is 2.33 bits per heavy atom. The van der Waals surface area contributed by atoms with Gasteiger partial charge in [-0.25, -0.2) is 8.42 Å². The second-order valence-electron chi connectivity index (χ2n) is 6.05. The molecule has 2 rings (SSSR count). The predicted molar refractivity (Wildman–Crippen MR) is 106 cm³/mol. The molecule has 1 heterocycles. The van der Waals surface area contributed by atoms with E-state index in [1.54, 1.807) is 54.7 Å². The molecule has 0 radical (unpaired) electrons. The van der Waals surface area contributed by atoms with Crippen LogP contribution < -0.4 is 0 Å². The standard InChI is InChI=1S/C20H25N3O3S/c1-4-23(5-2)27(25,26)19-11-8-17(9-12-19)10-13-20(24)22(3)16-18-7-6-14-21-15-18/h6-15H,4-5,16H2,1-3H3/b13-10+. The molecule has 2 aromatic rings. The average molecular weight is 388 g/mol. The molecule has 0 N–H and O–H groups in total. The minimum atomic E-state index is -3.47. The van der Waals surface area contributed by atoms with Crippen LogP contribution >= 0.6 is 0 Å². The first kappa shape index (κ1) is 20.8. The largest absolute Gasteiger partial charge is 0.338 e. The van der Waals surface area contributed by atoms with Crippen molar-refractivity contribution in [2.75, 3.05) is 20.1 Å². The number of rotatable bonds is 8. The van der Waals surface area contributed by atoms with Crippen LogP contribution in [0.3, 0.4) is 0 Å². The average Bonchev–Trinajstić information content (AvgIpc) is 2.68. The van der Waals surface area contributed by atoms with Crippen LogP contribution in [0.2, 0.25) is 0 Å². The first-order valence-electron chi connectivity index (χ1n) is 8.80. The maximum absolute atomic E-state index is 12.5. The smallest absolute Gasteiger partial charge is 0.246 e. The molecule has 0 spiro atoms. The highest BCUT2D eigenvalue weighted by molar-refractivity contribution is 7.89. The molecule has 144 valence electrons. The molecular formula is C20H25N3O3S. The topological polar surface area (TPSA) is 70.6 Å². The van der Waals surface area contributed by atoms with E-state index in [4.69, 9.17) is 0 Å². The van der Waals surface area contributed by atoms with Gasteiger partial charge in [0, 0.05) is 45.2 Å². The summed E-state index contributed by atoms with van der Waals surface area (Å²) in [5, 5.41) is 0. The predicted octanol–water partition coefficient (Wildman–Crippen LogP) is 2.78. The van der Waals surface area contributed by atoms with Crippen LogP contribution in [0.4, 0.5) is 0 Å². The molecule has 1 aromatic carbocycles. The zero-order valence-electron chi connectivity index (χ0n) is 15.9. The summed E-state index contributed by atoms with van der Waals surface area (Å²) in [6.07, 6.45) is 6.57. The van der Waals surface area contributed by atoms with Crippen molar-refractivity contribution in [3.05, 3.63) is 66.0 Å². The lowest BCUT2D eigenvalue weighted by molar-refractivity contribution is -0.125. The summed E-state index contributed by atoms with van der Waals surface area (Å²) in [6, 6.07) is 10.3. The molecule has 0 unspecified atom stereocenters. The van der Waals surface area contributed by atoms with Gasteiger partial charge in [0.2, 0.25) is 15.9 Å². The lowest BCUT2D eigenvalue weighted by Gasteiger charge is -2.18. The lowest BCUT2D eigenvalue weighted by Crippen LogP contribution is -2.30. The second kappa shape index (κ2) is 9.43. The molecule has 0 atom stereocenters. The molecule has 0 aliphatic heterocycles. The maximum Gasteiger partial charge on any atom is 0.246 e. The summed E-state index contributed by atoms with van der Waals surface area (Å²) in [4.78, 5) is 18.1. The van der Waals surface area contributed by atoms with Crippen LogP contribution in [-0.4, -0.2) is 48.7 Å². The third-order valence-corrected chi connectivity index (χ3v) is 6.22. The number of likely N-dealkylation sites (N-methyl/N-ethyl adjacent to an activating group) is 1. The summed E-state index contributed by atoms with van der Waals surface area (Å²) >= 11 is 0. The highest BCUT2D eigenvalue weighted by Crippen LogP contribution is 2.17. The van der Waals surface area contributed by atoms with E-state index in [0.717, 1.165) is 11.1 Å². The molecule has 0 saturated heterocycles. The Morgan fingerprint density at radius 2 is 1.78 bits per heavy atom. The van der Waals surface area contributed by atoms with Crippen LogP contribution in [0, 0.1) is 0 Å². The Bertz CT molecular complexity index is 874. The summed E-state index contributed by atoms with van der Waals surface area (Å²) < 4.78 is 26.4. The summed E-state index contributed by atoms with van der Waals surface area (Å²) in [7, 11) is -1.75. The van der Waals surface area contributed by atoms with Gasteiger partial charge in [0.1, 0.15) is 0 Å². The number of sulfonamides is 1. The number of amides is 1. The van der Waals surface area contributed by atoms with E-state index in [-0.39, 0.29) is 10.8 Å². The van der Waals surface area contributed by atoms with Gasteiger partial charge in [-0.2, -0.15) is 4.31 Å². The van der Waals surface area contributed by atoms with E-state index in [0.29, 0.717) is 19.6 Å². The van der Waals surface area contributed by atoms with E-state index in [1.807, 2.05) is 26.0 Å². The first-order valence-corrected chi connectivity index (χ1v) is 10.2. The molecule has 0 aliphatic carbocycles. The van der Waals surface area contributed by atoms with E-state index in [2.05, 4.69) is 4.98 Å². The van der Waals surface area contributed by atoms with Gasteiger partial charge in [-0.3, -0.25) is 9.78 Å². The number of carbonyl (C=O) groups excluding carboxylic acids is 1. The van der Waals surface area contributed by atoms with Crippen LogP contribution in [0.5, 0.6) is 0 Å². The molecule has 0 bridgehead atoms. The van der Waals surface area contributed by atoms with E-state index < -0.39 is 10.0 Å². The van der Waals surface area contributed by atoms with Crippen LogP contribution in [0.25, 0.3) is 6.08 Å². The molecule has 6 nitrogen and oxygen atoms in total. The highest BCUT2D eigenvalue weighted by atomic mass is 32.2. The van der Waals surface area contributed by atoms with Crippen molar-refractivity contribution >= 4 is 22.0 Å². The monoisotopic (exact) mass is 387 g/mol. The molecular weight excluding hydrogens is 362 g/mol. The molecule has 27 heavy (non-hydrogen) atoms. The summed E-state index contributed by atoms with van der Waals surface area (Å²) in [6.45, 7) is 4.95. The van der Waals surface area contributed by atoms with Gasteiger partial charge < -0.3 is 4.90 Å². The summed E-state index contributed by atoms with van der Waals surface area (Å²) in [5.41, 5.74) is 1.71. The minimum Gasteiger partial charge on any atom is -0.338 e. The Hall–Kier alpha value is -2.51. The minimum absolute atomic E-state index is 0.140. The Labute approximate surface area is 161 Å². The third kappa shape index (κ3) is 5.48. The number of nitrogens with zero attached hydrogens (tertiary/aromatic N) is 3. The van der Waals surface area contributed by atoms with Crippen LogP contribution in [-0.2, 0) is 21.4 Å². The zero-order chi connectivity index (χ0) is 19.9. The van der Waals surface area contributed by atoms with Crippen LogP contribution in [0.15, 0.2) is 59.8 Å². The molecule has 0 saturated carbocycles. The Morgan fingerprint density at radius 1 is 1.11 bits per heavy atom. The van der Waals surface area contributed by atoms with E-state index in [1.165, 1.54) is 10.4 Å². The molecule has 0 aliphatic rings. The van der Waals surface area contributed by atoms with Gasteiger partial charge in [-0.1, -0.05) is 32.0 Å². The van der Waals surface area contributed by atoms with E-state index >= 15 is 0 Å². The fourth-order valence-electron chi connectivity index (χ4n) is 2.60. The number of pyridine rings is 1. The fourth-order valence-corrected chi connectivity index (χ4v) is 4.06.